The third-order valence-electron chi connectivity index (χ3n) is 0.907. The van der Waals surface area contributed by atoms with Gasteiger partial charge in [-0.15, -0.1) is 0 Å². The molecule has 14 heavy (non-hydrogen) atoms. The summed E-state index contributed by atoms with van der Waals surface area (Å²) >= 11 is 0. The fourth-order valence-corrected chi connectivity index (χ4v) is 0.484. The topological polar surface area (TPSA) is 135 Å². The summed E-state index contributed by atoms with van der Waals surface area (Å²) in [5, 5.41) is 17.0. The van der Waals surface area contributed by atoms with Crippen LogP contribution >= 0.6 is 7.82 Å². The molecule has 0 atom stereocenters. The molecule has 7 nitrogen and oxygen atoms in total. The first-order valence-corrected chi connectivity index (χ1v) is 4.73. The number of phosphoric acid groups is 1. The first-order valence-electron chi connectivity index (χ1n) is 3.17. The fraction of sp³-hybridized carbons (Fsp3) is 0. The van der Waals surface area contributed by atoms with E-state index in [4.69, 9.17) is 29.6 Å². The molecule has 4 N–H and O–H groups in total. The zero-order chi connectivity index (χ0) is 11.2. The van der Waals surface area contributed by atoms with Gasteiger partial charge in [-0.05, 0) is 12.1 Å². The van der Waals surface area contributed by atoms with Crippen molar-refractivity contribution in [1.82, 2.24) is 4.98 Å². The molecule has 1 rings (SSSR count). The molecule has 1 aromatic heterocycles. The van der Waals surface area contributed by atoms with Gasteiger partial charge in [0.05, 0.1) is 0 Å². The Labute approximate surface area is 79.1 Å². The van der Waals surface area contributed by atoms with E-state index >= 15 is 0 Å². The summed E-state index contributed by atoms with van der Waals surface area (Å²) in [5.41, 5.74) is 0.206. The second-order valence-electron chi connectivity index (χ2n) is 2.00. The van der Waals surface area contributed by atoms with E-state index in [0.717, 1.165) is 0 Å². The highest BCUT2D eigenvalue weighted by molar-refractivity contribution is 7.45. The van der Waals surface area contributed by atoms with Crippen LogP contribution in [0.3, 0.4) is 0 Å². The zero-order valence-corrected chi connectivity index (χ0v) is 7.67. The highest BCUT2D eigenvalue weighted by Gasteiger charge is 2.00. The number of pyridine rings is 1. The molecule has 0 aromatic carbocycles. The van der Waals surface area contributed by atoms with Crippen molar-refractivity contribution in [2.24, 2.45) is 0 Å². The van der Waals surface area contributed by atoms with Crippen molar-refractivity contribution < 1.29 is 24.4 Å². The van der Waals surface area contributed by atoms with E-state index in [2.05, 4.69) is 4.98 Å². The van der Waals surface area contributed by atoms with E-state index in [1.807, 2.05) is 0 Å². The maximum atomic E-state index is 8.88. The van der Waals surface area contributed by atoms with Gasteiger partial charge < -0.3 is 19.8 Å². The molecule has 0 saturated carbocycles. The molecule has 1 heterocycles. The number of hydrogen-bond acceptors (Lipinski definition) is 4. The lowest BCUT2D eigenvalue weighted by atomic mass is 10.3. The van der Waals surface area contributed by atoms with Crippen LogP contribution in [0.1, 0.15) is 5.56 Å². The summed E-state index contributed by atoms with van der Waals surface area (Å²) < 4.78 is 8.88. The van der Waals surface area contributed by atoms with E-state index in [9.17, 15) is 0 Å². The third kappa shape index (κ3) is 7.21. The van der Waals surface area contributed by atoms with Crippen LogP contribution in [0.15, 0.2) is 18.3 Å². The van der Waals surface area contributed by atoms with Gasteiger partial charge in [0.2, 0.25) is 5.88 Å². The summed E-state index contributed by atoms with van der Waals surface area (Å²) in [4.78, 5) is 25.0. The number of aromatic nitrogens is 1. The molecule has 76 valence electrons. The van der Waals surface area contributed by atoms with Crippen LogP contribution in [0, 0.1) is 11.3 Å². The lowest BCUT2D eigenvalue weighted by molar-refractivity contribution is 0.275. The Hall–Kier alpha value is -1.45. The van der Waals surface area contributed by atoms with E-state index in [1.54, 1.807) is 12.1 Å². The quantitative estimate of drug-likeness (QED) is 0.440. The molecule has 0 spiro atoms. The van der Waals surface area contributed by atoms with Gasteiger partial charge in [0.1, 0.15) is 11.6 Å². The monoisotopic (exact) mass is 218 g/mol. The van der Waals surface area contributed by atoms with Crippen molar-refractivity contribution >= 4 is 7.82 Å². The molecule has 0 fully saturated rings. The Bertz CT molecular complexity index is 374. The van der Waals surface area contributed by atoms with Gasteiger partial charge >= 0.3 is 7.82 Å². The van der Waals surface area contributed by atoms with Crippen LogP contribution in [-0.4, -0.2) is 24.8 Å². The number of rotatable bonds is 0. The molecule has 0 aliphatic heterocycles. The fourth-order valence-electron chi connectivity index (χ4n) is 0.484. The number of aromatic hydroxyl groups is 1. The summed E-state index contributed by atoms with van der Waals surface area (Å²) in [6.07, 6.45) is 1.43. The van der Waals surface area contributed by atoms with E-state index in [1.165, 1.54) is 12.3 Å². The number of hydrogen-bond donors (Lipinski definition) is 4. The van der Waals surface area contributed by atoms with E-state index in [0.29, 0.717) is 0 Å². The van der Waals surface area contributed by atoms with E-state index in [-0.39, 0.29) is 11.4 Å². The zero-order valence-electron chi connectivity index (χ0n) is 6.77. The minimum absolute atomic E-state index is 0.206. The maximum Gasteiger partial charge on any atom is 0.466 e. The predicted molar refractivity (Wildman–Crippen MR) is 44.9 cm³/mol. The highest BCUT2D eigenvalue weighted by Crippen LogP contribution is 2.25. The minimum Gasteiger partial charge on any atom is -0.492 e. The molecule has 0 radical (unpaired) electrons. The van der Waals surface area contributed by atoms with Crippen LogP contribution in [0.2, 0.25) is 0 Å². The van der Waals surface area contributed by atoms with Crippen molar-refractivity contribution in [3.8, 4) is 11.9 Å². The predicted octanol–water partition coefficient (Wildman–Crippen LogP) is -0.270. The van der Waals surface area contributed by atoms with Crippen molar-refractivity contribution in [2.45, 2.75) is 0 Å². The molecule has 0 aliphatic rings. The Morgan fingerprint density at radius 2 is 1.93 bits per heavy atom. The molecular weight excluding hydrogens is 211 g/mol. The lowest BCUT2D eigenvalue weighted by Crippen LogP contribution is -1.77. The number of nitriles is 1. The van der Waals surface area contributed by atoms with Crippen LogP contribution in [0.4, 0.5) is 0 Å². The van der Waals surface area contributed by atoms with Gasteiger partial charge in [-0.25, -0.2) is 9.55 Å². The van der Waals surface area contributed by atoms with Crippen molar-refractivity contribution in [1.29, 1.82) is 5.26 Å². The minimum atomic E-state index is -4.64. The molecule has 0 bridgehead atoms. The number of nitrogens with zero attached hydrogens (tertiary/aromatic N) is 2. The van der Waals surface area contributed by atoms with Gasteiger partial charge in [-0.1, -0.05) is 0 Å². The van der Waals surface area contributed by atoms with Crippen LogP contribution in [-0.2, 0) is 4.57 Å². The summed E-state index contributed by atoms with van der Waals surface area (Å²) in [6.45, 7) is 0. The Morgan fingerprint density at radius 3 is 2.21 bits per heavy atom. The molecule has 1 aromatic rings. The van der Waals surface area contributed by atoms with Gasteiger partial charge in [0.15, 0.2) is 0 Å². The average molecular weight is 218 g/mol. The molecule has 0 aliphatic carbocycles. The first kappa shape index (κ1) is 12.6. The highest BCUT2D eigenvalue weighted by atomic mass is 31.2. The largest absolute Gasteiger partial charge is 0.492 e. The first-order chi connectivity index (χ1) is 6.34. The summed E-state index contributed by atoms with van der Waals surface area (Å²) in [6, 6.07) is 4.88. The van der Waals surface area contributed by atoms with Crippen LogP contribution in [0.25, 0.3) is 0 Å². The van der Waals surface area contributed by atoms with Gasteiger partial charge in [0.25, 0.3) is 0 Å². The summed E-state index contributed by atoms with van der Waals surface area (Å²) in [7, 11) is -4.64. The average Bonchev–Trinajstić information content (AvgIpc) is 2.02. The summed E-state index contributed by atoms with van der Waals surface area (Å²) in [5.74, 6) is -0.208. The molecule has 8 heteroatoms. The second kappa shape index (κ2) is 5.32. The van der Waals surface area contributed by atoms with E-state index < -0.39 is 7.82 Å². The van der Waals surface area contributed by atoms with Crippen molar-refractivity contribution in [2.75, 3.05) is 0 Å². The second-order valence-corrected chi connectivity index (χ2v) is 3.03. The van der Waals surface area contributed by atoms with Crippen LogP contribution < -0.4 is 0 Å². The maximum absolute atomic E-state index is 8.88. The molecular formula is C6H7N2O5P. The van der Waals surface area contributed by atoms with Gasteiger partial charge in [-0.3, -0.25) is 0 Å². The smallest absolute Gasteiger partial charge is 0.466 e. The van der Waals surface area contributed by atoms with Crippen molar-refractivity contribution in [3.63, 3.8) is 0 Å². The van der Waals surface area contributed by atoms with Crippen molar-refractivity contribution in [3.05, 3.63) is 23.9 Å². The third-order valence-corrected chi connectivity index (χ3v) is 0.907. The molecule has 0 unspecified atom stereocenters. The lowest BCUT2D eigenvalue weighted by Gasteiger charge is -1.88. The van der Waals surface area contributed by atoms with Gasteiger partial charge in [-0.2, -0.15) is 5.26 Å². The van der Waals surface area contributed by atoms with Crippen LogP contribution in [0.5, 0.6) is 5.88 Å². The Morgan fingerprint density at radius 1 is 1.43 bits per heavy atom. The standard InChI is InChI=1S/C6H4N2O.H3O4P/c7-4-5-2-1-3-8-6(5)9;1-5(2,3)4/h1-3H,(H,8,9);(H3,1,2,3,4). The SMILES string of the molecule is N#Cc1cccnc1O.O=P(O)(O)O. The molecule has 0 saturated heterocycles. The normalized spacial score (nSPS) is 9.57. The van der Waals surface area contributed by atoms with Gasteiger partial charge in [0, 0.05) is 6.20 Å². The Balaban J connectivity index is 0.000000292. The Kier molecular flexibility index (Phi) is 4.77. The molecule has 0 amide bonds.